The van der Waals surface area contributed by atoms with E-state index in [1.165, 1.54) is 51.4 Å². The number of rotatable bonds is 43. The van der Waals surface area contributed by atoms with Gasteiger partial charge in [-0.2, -0.15) is 8.42 Å². The summed E-state index contributed by atoms with van der Waals surface area (Å²) in [7, 11) is -5.07. The first-order valence-corrected chi connectivity index (χ1v) is 26.7. The molecule has 6 atom stereocenters. The maximum absolute atomic E-state index is 12.9. The molecular weight excluding hydrogens is 861 g/mol. The minimum atomic E-state index is -5.07. The van der Waals surface area contributed by atoms with Gasteiger partial charge in [-0.3, -0.25) is 9.35 Å². The number of aliphatic hydroxyl groups is 3. The van der Waals surface area contributed by atoms with Gasteiger partial charge < -0.3 is 34.3 Å². The SMILES string of the molecule is CC/C=C\C/C=C\C/C=C\C/C=C\CCCCCCCCCCCCCOCC(COC1OC(CO)C(O)C(OS(=O)(=O)O)C1O)OC(=O)CCCCCCC/C=C\C/C=C\C/C=C\CC. The largest absolute Gasteiger partial charge is 0.457 e. The maximum Gasteiger partial charge on any atom is 0.397 e. The molecule has 0 aromatic heterocycles. The van der Waals surface area contributed by atoms with Gasteiger partial charge >= 0.3 is 16.4 Å². The van der Waals surface area contributed by atoms with Crippen LogP contribution in [0.5, 0.6) is 0 Å². The number of esters is 1. The Morgan fingerprint density at radius 2 is 1.00 bits per heavy atom. The first-order valence-electron chi connectivity index (χ1n) is 25.3. The Hall–Kier alpha value is -2.72. The molecule has 0 radical (unpaired) electrons. The van der Waals surface area contributed by atoms with E-state index in [0.29, 0.717) is 13.0 Å². The second-order valence-corrected chi connectivity index (χ2v) is 18.0. The van der Waals surface area contributed by atoms with E-state index in [2.05, 4.69) is 103 Å². The Morgan fingerprint density at radius 3 is 1.45 bits per heavy atom. The van der Waals surface area contributed by atoms with Crippen molar-refractivity contribution in [3.8, 4) is 0 Å². The molecule has 1 aliphatic heterocycles. The van der Waals surface area contributed by atoms with Crippen LogP contribution in [0.25, 0.3) is 0 Å². The molecule has 0 spiro atoms. The molecular formula is C53H90O12S. The van der Waals surface area contributed by atoms with Crippen LogP contribution in [0.3, 0.4) is 0 Å². The zero-order chi connectivity index (χ0) is 48.2. The molecule has 0 amide bonds. The average molecular weight is 951 g/mol. The number of carbonyl (C=O) groups is 1. The maximum atomic E-state index is 12.9. The first-order chi connectivity index (χ1) is 32.1. The summed E-state index contributed by atoms with van der Waals surface area (Å²) in [5.74, 6) is -0.420. The van der Waals surface area contributed by atoms with Gasteiger partial charge in [0, 0.05) is 13.0 Å². The molecule has 0 aliphatic carbocycles. The summed E-state index contributed by atoms with van der Waals surface area (Å²) in [6.07, 6.45) is 49.0. The molecule has 6 unspecified atom stereocenters. The summed E-state index contributed by atoms with van der Waals surface area (Å²) in [4.78, 5) is 12.9. The highest BCUT2D eigenvalue weighted by Crippen LogP contribution is 2.26. The van der Waals surface area contributed by atoms with Crippen LogP contribution < -0.4 is 0 Å². The molecule has 66 heavy (non-hydrogen) atoms. The lowest BCUT2D eigenvalue weighted by atomic mass is 9.99. The Morgan fingerprint density at radius 1 is 0.576 bits per heavy atom. The molecule has 1 rings (SSSR count). The Kier molecular flexibility index (Phi) is 40.4. The van der Waals surface area contributed by atoms with Gasteiger partial charge in [0.05, 0.1) is 19.8 Å². The summed E-state index contributed by atoms with van der Waals surface area (Å²) < 4.78 is 59.2. The van der Waals surface area contributed by atoms with Crippen LogP contribution in [0, 0.1) is 0 Å². The number of ether oxygens (including phenoxy) is 4. The molecule has 1 aliphatic rings. The number of hydrogen-bond donors (Lipinski definition) is 4. The van der Waals surface area contributed by atoms with E-state index < -0.39 is 59.8 Å². The smallest absolute Gasteiger partial charge is 0.397 e. The van der Waals surface area contributed by atoms with E-state index in [1.54, 1.807) is 0 Å². The number of aliphatic hydroxyl groups excluding tert-OH is 3. The highest BCUT2D eigenvalue weighted by Gasteiger charge is 2.48. The van der Waals surface area contributed by atoms with E-state index in [9.17, 15) is 33.1 Å². The van der Waals surface area contributed by atoms with Crippen LogP contribution in [-0.2, 0) is 38.3 Å². The van der Waals surface area contributed by atoms with Crippen LogP contribution >= 0.6 is 0 Å². The van der Waals surface area contributed by atoms with Crippen molar-refractivity contribution < 1.29 is 56.2 Å². The van der Waals surface area contributed by atoms with Crippen molar-refractivity contribution in [2.45, 2.75) is 218 Å². The highest BCUT2D eigenvalue weighted by molar-refractivity contribution is 7.80. The lowest BCUT2D eigenvalue weighted by Gasteiger charge is -2.41. The summed E-state index contributed by atoms with van der Waals surface area (Å²) in [5.41, 5.74) is 0. The summed E-state index contributed by atoms with van der Waals surface area (Å²) >= 11 is 0. The monoisotopic (exact) mass is 951 g/mol. The second-order valence-electron chi connectivity index (χ2n) is 17.0. The molecule has 1 heterocycles. The van der Waals surface area contributed by atoms with Crippen LogP contribution in [0.4, 0.5) is 0 Å². The quantitative estimate of drug-likeness (QED) is 0.0197. The van der Waals surface area contributed by atoms with Crippen LogP contribution in [0.15, 0.2) is 85.1 Å². The van der Waals surface area contributed by atoms with Crippen molar-refractivity contribution in [3.63, 3.8) is 0 Å². The number of hydrogen-bond acceptors (Lipinski definition) is 11. The average Bonchev–Trinajstić information content (AvgIpc) is 3.29. The number of unbranched alkanes of at least 4 members (excludes halogenated alkanes) is 16. The van der Waals surface area contributed by atoms with E-state index in [-0.39, 0.29) is 19.6 Å². The third-order valence-corrected chi connectivity index (χ3v) is 11.5. The Balaban J connectivity index is 2.35. The van der Waals surface area contributed by atoms with Crippen LogP contribution in [0.1, 0.15) is 181 Å². The molecule has 0 saturated carbocycles. The normalized spacial score (nSPS) is 20.2. The third-order valence-electron chi connectivity index (χ3n) is 11.0. The van der Waals surface area contributed by atoms with Gasteiger partial charge in [0.15, 0.2) is 6.29 Å². The van der Waals surface area contributed by atoms with Crippen molar-refractivity contribution in [2.24, 2.45) is 0 Å². The minimum absolute atomic E-state index is 0.0220. The van der Waals surface area contributed by atoms with Crippen molar-refractivity contribution in [1.82, 2.24) is 0 Å². The van der Waals surface area contributed by atoms with Gasteiger partial charge in [-0.15, -0.1) is 0 Å². The van der Waals surface area contributed by atoms with Crippen molar-refractivity contribution in [2.75, 3.05) is 26.4 Å². The van der Waals surface area contributed by atoms with E-state index in [0.717, 1.165) is 103 Å². The Bertz CT molecular complexity index is 1470. The van der Waals surface area contributed by atoms with E-state index in [4.69, 9.17) is 18.9 Å². The zero-order valence-corrected chi connectivity index (χ0v) is 41.5. The van der Waals surface area contributed by atoms with Gasteiger partial charge in [0.1, 0.15) is 30.5 Å². The van der Waals surface area contributed by atoms with Gasteiger partial charge in [0.2, 0.25) is 0 Å². The lowest BCUT2D eigenvalue weighted by Crippen LogP contribution is -2.60. The van der Waals surface area contributed by atoms with E-state index in [1.807, 2.05) is 0 Å². The van der Waals surface area contributed by atoms with Gasteiger partial charge in [0.25, 0.3) is 0 Å². The van der Waals surface area contributed by atoms with Crippen molar-refractivity contribution in [3.05, 3.63) is 85.1 Å². The highest BCUT2D eigenvalue weighted by atomic mass is 32.3. The van der Waals surface area contributed by atoms with Gasteiger partial charge in [-0.05, 0) is 83.5 Å². The Labute approximate surface area is 400 Å². The van der Waals surface area contributed by atoms with Gasteiger partial charge in [-0.25, -0.2) is 4.18 Å². The van der Waals surface area contributed by atoms with Crippen molar-refractivity contribution >= 4 is 16.4 Å². The molecule has 1 saturated heterocycles. The molecule has 0 aromatic rings. The fraction of sp³-hybridized carbons (Fsp3) is 0.717. The zero-order valence-electron chi connectivity index (χ0n) is 40.7. The number of carbonyl (C=O) groups excluding carboxylic acids is 1. The molecule has 380 valence electrons. The predicted octanol–water partition coefficient (Wildman–Crippen LogP) is 11.6. The third kappa shape index (κ3) is 36.3. The van der Waals surface area contributed by atoms with E-state index >= 15 is 0 Å². The molecule has 0 bridgehead atoms. The van der Waals surface area contributed by atoms with Crippen LogP contribution in [0.2, 0.25) is 0 Å². The number of allylic oxidation sites excluding steroid dienone is 14. The molecule has 0 aromatic carbocycles. The van der Waals surface area contributed by atoms with Crippen molar-refractivity contribution in [1.29, 1.82) is 0 Å². The topological polar surface area (TPSA) is 178 Å². The van der Waals surface area contributed by atoms with Gasteiger partial charge in [-0.1, -0.05) is 176 Å². The minimum Gasteiger partial charge on any atom is -0.457 e. The molecule has 4 N–H and O–H groups in total. The standard InChI is InChI=1S/C53H90O12S/c1-3-5-7-9-11-13-15-17-19-20-21-22-23-24-25-26-27-29-31-33-35-37-39-41-43-61-45-47(46-62-53-51(57)52(65-66(58,59)60)50(56)48(44-54)64-53)63-49(55)42-40-38-36-34-32-30-28-18-16-14-12-10-8-6-4-2/h5-8,11-14,17-19,21-22,28,47-48,50-54,56-57H,3-4,9-10,15-16,20,23-27,29-46H2,1-2H3,(H,58,59,60)/b7-5-,8-6-,13-11-,14-12-,19-17-,22-21-,28-18-. The molecule has 13 heteroatoms. The fourth-order valence-electron chi connectivity index (χ4n) is 7.27. The summed E-state index contributed by atoms with van der Waals surface area (Å²) in [5, 5.41) is 30.7. The molecule has 12 nitrogen and oxygen atoms in total. The second kappa shape index (κ2) is 43.6. The van der Waals surface area contributed by atoms with Crippen LogP contribution in [-0.4, -0.2) is 97.5 Å². The fourth-order valence-corrected chi connectivity index (χ4v) is 7.77. The predicted molar refractivity (Wildman–Crippen MR) is 266 cm³/mol. The molecule has 1 fully saturated rings. The summed E-state index contributed by atoms with van der Waals surface area (Å²) in [6.45, 7) is 3.73. The summed E-state index contributed by atoms with van der Waals surface area (Å²) in [6, 6.07) is 0. The lowest BCUT2D eigenvalue weighted by molar-refractivity contribution is -0.301. The first kappa shape index (κ1) is 61.3.